The van der Waals surface area contributed by atoms with Crippen molar-refractivity contribution in [3.05, 3.63) is 74.3 Å². The molecule has 0 saturated carbocycles. The summed E-state index contributed by atoms with van der Waals surface area (Å²) in [5.74, 6) is 0. The van der Waals surface area contributed by atoms with Crippen molar-refractivity contribution in [1.29, 1.82) is 0 Å². The van der Waals surface area contributed by atoms with Crippen LogP contribution in [0.1, 0.15) is 0 Å². The van der Waals surface area contributed by atoms with Crippen LogP contribution in [0.2, 0.25) is 5.02 Å². The number of rotatable bonds is 1. The number of aromatic nitrogens is 2. The van der Waals surface area contributed by atoms with E-state index in [0.29, 0.717) is 21.6 Å². The zero-order valence-corrected chi connectivity index (χ0v) is 12.0. The van der Waals surface area contributed by atoms with Crippen LogP contribution >= 0.6 is 11.6 Å². The van der Waals surface area contributed by atoms with Crippen LogP contribution in [0.25, 0.3) is 22.2 Å². The molecule has 0 spiro atoms. The number of aryl methyl sites for hydroxylation is 1. The first-order valence-corrected chi connectivity index (χ1v) is 6.72. The molecule has 5 heteroatoms. The molecular formula is C16H11ClN2O2. The van der Waals surface area contributed by atoms with Crippen molar-refractivity contribution in [3.8, 4) is 11.3 Å². The Labute approximate surface area is 125 Å². The smallest absolute Gasteiger partial charge is 0.306 e. The Kier molecular flexibility index (Phi) is 3.31. The summed E-state index contributed by atoms with van der Waals surface area (Å²) >= 11 is 6.06. The van der Waals surface area contributed by atoms with E-state index in [9.17, 15) is 9.59 Å². The zero-order chi connectivity index (χ0) is 15.0. The molecule has 0 unspecified atom stereocenters. The molecule has 3 rings (SSSR count). The standard InChI is InChI=1S/C16H11ClN2O2/c1-19-13-8-7-11(17)9-12(13)14(18-15(20)16(19)21)10-5-3-2-4-6-10/h2-9H,1H3. The van der Waals surface area contributed by atoms with Crippen LogP contribution in [0.4, 0.5) is 0 Å². The molecule has 0 fully saturated rings. The first-order chi connectivity index (χ1) is 10.1. The Balaban J connectivity index is 2.59. The number of benzene rings is 2. The Bertz CT molecular complexity index is 950. The van der Waals surface area contributed by atoms with Gasteiger partial charge in [-0.25, -0.2) is 4.98 Å². The highest BCUT2D eigenvalue weighted by Crippen LogP contribution is 2.26. The number of halogens is 1. The normalized spacial score (nSPS) is 10.8. The van der Waals surface area contributed by atoms with Gasteiger partial charge in [0.2, 0.25) is 0 Å². The van der Waals surface area contributed by atoms with Crippen LogP contribution in [0.5, 0.6) is 0 Å². The van der Waals surface area contributed by atoms with Crippen molar-refractivity contribution >= 4 is 22.5 Å². The maximum absolute atomic E-state index is 12.0. The molecule has 3 aromatic rings. The molecule has 0 amide bonds. The highest BCUT2D eigenvalue weighted by atomic mass is 35.5. The summed E-state index contributed by atoms with van der Waals surface area (Å²) in [6, 6.07) is 14.4. The van der Waals surface area contributed by atoms with Crippen molar-refractivity contribution in [1.82, 2.24) is 9.55 Å². The summed E-state index contributed by atoms with van der Waals surface area (Å²) < 4.78 is 1.30. The van der Waals surface area contributed by atoms with Crippen LogP contribution in [0, 0.1) is 0 Å². The minimum Gasteiger partial charge on any atom is -0.306 e. The van der Waals surface area contributed by atoms with E-state index in [1.807, 2.05) is 30.3 Å². The molecule has 1 aromatic heterocycles. The Morgan fingerprint density at radius 2 is 1.76 bits per heavy atom. The predicted molar refractivity (Wildman–Crippen MR) is 83.7 cm³/mol. The van der Waals surface area contributed by atoms with Crippen molar-refractivity contribution in [2.24, 2.45) is 7.05 Å². The molecule has 0 atom stereocenters. The first kappa shape index (κ1) is 13.5. The second-order valence-electron chi connectivity index (χ2n) is 4.66. The second-order valence-corrected chi connectivity index (χ2v) is 5.09. The Hall–Kier alpha value is -2.46. The van der Waals surface area contributed by atoms with Gasteiger partial charge in [-0.1, -0.05) is 41.9 Å². The SMILES string of the molecule is Cn1c(=O)c(=O)nc(-c2ccccc2)c2cc(Cl)ccc21. The summed E-state index contributed by atoms with van der Waals surface area (Å²) in [5, 5.41) is 1.18. The predicted octanol–water partition coefficient (Wildman–Crippen LogP) is 2.61. The number of hydrogen-bond donors (Lipinski definition) is 0. The maximum Gasteiger partial charge on any atom is 0.336 e. The fraction of sp³-hybridized carbons (Fsp3) is 0.0625. The van der Waals surface area contributed by atoms with Gasteiger partial charge in [0.25, 0.3) is 0 Å². The van der Waals surface area contributed by atoms with Crippen molar-refractivity contribution < 1.29 is 0 Å². The molecule has 2 aromatic carbocycles. The number of nitrogens with zero attached hydrogens (tertiary/aromatic N) is 2. The minimum atomic E-state index is -0.788. The molecule has 0 N–H and O–H groups in total. The monoisotopic (exact) mass is 298 g/mol. The van der Waals surface area contributed by atoms with Gasteiger partial charge in [0.15, 0.2) is 0 Å². The van der Waals surface area contributed by atoms with Crippen molar-refractivity contribution in [3.63, 3.8) is 0 Å². The van der Waals surface area contributed by atoms with Gasteiger partial charge in [-0.2, -0.15) is 0 Å². The first-order valence-electron chi connectivity index (χ1n) is 6.34. The van der Waals surface area contributed by atoms with Crippen molar-refractivity contribution in [2.75, 3.05) is 0 Å². The van der Waals surface area contributed by atoms with Crippen LogP contribution in [-0.2, 0) is 7.05 Å². The summed E-state index contributed by atoms with van der Waals surface area (Å²) in [6.07, 6.45) is 0. The molecule has 21 heavy (non-hydrogen) atoms. The average Bonchev–Trinajstić information content (AvgIpc) is 2.59. The summed E-state index contributed by atoms with van der Waals surface area (Å²) in [5.41, 5.74) is 0.374. The molecule has 0 saturated heterocycles. The Morgan fingerprint density at radius 3 is 2.48 bits per heavy atom. The fourth-order valence-electron chi connectivity index (χ4n) is 2.27. The lowest BCUT2D eigenvalue weighted by Gasteiger charge is -2.04. The third kappa shape index (κ3) is 2.34. The minimum absolute atomic E-state index is 0.454. The lowest BCUT2D eigenvalue weighted by atomic mass is 10.1. The van der Waals surface area contributed by atoms with Gasteiger partial charge in [-0.3, -0.25) is 9.59 Å². The fourth-order valence-corrected chi connectivity index (χ4v) is 2.44. The van der Waals surface area contributed by atoms with Crippen LogP contribution < -0.4 is 11.1 Å². The molecule has 0 radical (unpaired) electrons. The van der Waals surface area contributed by atoms with Gasteiger partial charge in [-0.05, 0) is 18.2 Å². The highest BCUT2D eigenvalue weighted by molar-refractivity contribution is 6.31. The van der Waals surface area contributed by atoms with Gasteiger partial charge >= 0.3 is 11.1 Å². The van der Waals surface area contributed by atoms with Gasteiger partial charge in [0.1, 0.15) is 0 Å². The number of hydrogen-bond acceptors (Lipinski definition) is 3. The van der Waals surface area contributed by atoms with E-state index in [1.165, 1.54) is 4.57 Å². The summed E-state index contributed by atoms with van der Waals surface area (Å²) in [6.45, 7) is 0. The van der Waals surface area contributed by atoms with Crippen LogP contribution in [0.3, 0.4) is 0 Å². The summed E-state index contributed by atoms with van der Waals surface area (Å²) in [4.78, 5) is 27.9. The maximum atomic E-state index is 12.0. The molecule has 0 bridgehead atoms. The zero-order valence-electron chi connectivity index (χ0n) is 11.2. The second kappa shape index (κ2) is 5.14. The summed E-state index contributed by atoms with van der Waals surface area (Å²) in [7, 11) is 1.55. The van der Waals surface area contributed by atoms with E-state index in [4.69, 9.17) is 11.6 Å². The lowest BCUT2D eigenvalue weighted by Crippen LogP contribution is -2.31. The third-order valence-electron chi connectivity index (χ3n) is 3.32. The highest BCUT2D eigenvalue weighted by Gasteiger charge is 2.10. The van der Waals surface area contributed by atoms with E-state index in [-0.39, 0.29) is 0 Å². The number of fused-ring (bicyclic) bond motifs is 1. The van der Waals surface area contributed by atoms with Crippen molar-refractivity contribution in [2.45, 2.75) is 0 Å². The molecule has 0 aliphatic rings. The van der Waals surface area contributed by atoms with Gasteiger partial charge in [0, 0.05) is 23.0 Å². The van der Waals surface area contributed by atoms with E-state index < -0.39 is 11.1 Å². The van der Waals surface area contributed by atoms with Gasteiger partial charge in [0.05, 0.1) is 11.2 Å². The molecular weight excluding hydrogens is 288 g/mol. The molecule has 1 heterocycles. The molecule has 104 valence electrons. The van der Waals surface area contributed by atoms with Gasteiger partial charge in [-0.15, -0.1) is 0 Å². The average molecular weight is 299 g/mol. The third-order valence-corrected chi connectivity index (χ3v) is 3.56. The molecule has 0 aliphatic carbocycles. The quantitative estimate of drug-likeness (QED) is 0.649. The molecule has 4 nitrogen and oxygen atoms in total. The van der Waals surface area contributed by atoms with E-state index in [2.05, 4.69) is 4.98 Å². The lowest BCUT2D eigenvalue weighted by molar-refractivity contribution is 0.892. The van der Waals surface area contributed by atoms with Crippen LogP contribution in [-0.4, -0.2) is 9.55 Å². The van der Waals surface area contributed by atoms with Gasteiger partial charge < -0.3 is 4.57 Å². The van der Waals surface area contributed by atoms with E-state index in [1.54, 1.807) is 25.2 Å². The van der Waals surface area contributed by atoms with E-state index in [0.717, 1.165) is 5.56 Å². The topological polar surface area (TPSA) is 52.0 Å². The molecule has 0 aliphatic heterocycles. The van der Waals surface area contributed by atoms with E-state index >= 15 is 0 Å². The van der Waals surface area contributed by atoms with Crippen LogP contribution in [0.15, 0.2) is 58.1 Å². The largest absolute Gasteiger partial charge is 0.336 e. The Morgan fingerprint density at radius 1 is 1.05 bits per heavy atom.